The highest BCUT2D eigenvalue weighted by Gasteiger charge is 2.28. The fourth-order valence-corrected chi connectivity index (χ4v) is 4.33. The lowest BCUT2D eigenvalue weighted by atomic mass is 9.87. The standard InChI is InChI=1S/C21H32N2O2.ClH/c1-3-20(25-17-8-4-6-14(2)12-17)21(24)23-19-9-5-7-15-13-16(22)10-11-18(15)19;/h10-11,13-14,17,19-20H,3-9,12,22H2,1-2H3,(H,23,24);1H. The maximum atomic E-state index is 12.8. The predicted molar refractivity (Wildman–Crippen MR) is 109 cm³/mol. The molecule has 0 spiro atoms. The molecule has 3 rings (SSSR count). The van der Waals surface area contributed by atoms with Crippen molar-refractivity contribution in [1.29, 1.82) is 0 Å². The molecule has 0 bridgehead atoms. The number of anilines is 1. The summed E-state index contributed by atoms with van der Waals surface area (Å²) in [6, 6.07) is 6.13. The van der Waals surface area contributed by atoms with Crippen LogP contribution in [0.25, 0.3) is 0 Å². The molecule has 146 valence electrons. The zero-order chi connectivity index (χ0) is 17.8. The molecule has 1 aromatic rings. The van der Waals surface area contributed by atoms with E-state index in [4.69, 9.17) is 10.5 Å². The van der Waals surface area contributed by atoms with Crippen molar-refractivity contribution in [1.82, 2.24) is 5.32 Å². The normalized spacial score (nSPS) is 26.3. The first kappa shape index (κ1) is 21.0. The molecule has 5 heteroatoms. The summed E-state index contributed by atoms with van der Waals surface area (Å²) in [5, 5.41) is 3.24. The average Bonchev–Trinajstić information content (AvgIpc) is 2.59. The van der Waals surface area contributed by atoms with Gasteiger partial charge < -0.3 is 15.8 Å². The van der Waals surface area contributed by atoms with Gasteiger partial charge in [-0.25, -0.2) is 0 Å². The topological polar surface area (TPSA) is 64.3 Å². The van der Waals surface area contributed by atoms with Gasteiger partial charge in [0.05, 0.1) is 12.1 Å². The Balaban J connectivity index is 0.00000243. The zero-order valence-electron chi connectivity index (χ0n) is 16.0. The van der Waals surface area contributed by atoms with Crippen LogP contribution in [-0.2, 0) is 16.0 Å². The summed E-state index contributed by atoms with van der Waals surface area (Å²) in [6.45, 7) is 4.31. The SMILES string of the molecule is CCC(OC1CCCC(C)C1)C(=O)NC1CCCc2cc(N)ccc21.Cl. The number of carbonyl (C=O) groups excluding carboxylic acids is 1. The Bertz CT molecular complexity index is 608. The molecule has 0 aromatic heterocycles. The van der Waals surface area contributed by atoms with Crippen LogP contribution >= 0.6 is 12.4 Å². The highest BCUT2D eigenvalue weighted by molar-refractivity contribution is 5.85. The minimum absolute atomic E-state index is 0. The third-order valence-electron chi connectivity index (χ3n) is 5.71. The minimum atomic E-state index is -0.338. The van der Waals surface area contributed by atoms with Crippen LogP contribution in [0.2, 0.25) is 0 Å². The molecule has 0 radical (unpaired) electrons. The summed E-state index contributed by atoms with van der Waals surface area (Å²) in [4.78, 5) is 12.8. The summed E-state index contributed by atoms with van der Waals surface area (Å²) < 4.78 is 6.19. The van der Waals surface area contributed by atoms with Gasteiger partial charge in [0.25, 0.3) is 0 Å². The number of fused-ring (bicyclic) bond motifs is 1. The molecule has 2 aliphatic carbocycles. The summed E-state index contributed by atoms with van der Waals surface area (Å²) >= 11 is 0. The van der Waals surface area contributed by atoms with E-state index < -0.39 is 0 Å². The van der Waals surface area contributed by atoms with Gasteiger partial charge in [0.2, 0.25) is 5.91 Å². The second-order valence-electron chi connectivity index (χ2n) is 7.84. The van der Waals surface area contributed by atoms with E-state index in [9.17, 15) is 4.79 Å². The minimum Gasteiger partial charge on any atom is -0.399 e. The van der Waals surface area contributed by atoms with Crippen LogP contribution < -0.4 is 11.1 Å². The first-order chi connectivity index (χ1) is 12.1. The Morgan fingerprint density at radius 1 is 1.31 bits per heavy atom. The van der Waals surface area contributed by atoms with Crippen molar-refractivity contribution in [2.45, 2.75) is 83.5 Å². The number of hydrogen-bond acceptors (Lipinski definition) is 3. The molecule has 4 atom stereocenters. The number of nitrogen functional groups attached to an aromatic ring is 1. The van der Waals surface area contributed by atoms with E-state index in [1.807, 2.05) is 19.1 Å². The quantitative estimate of drug-likeness (QED) is 0.736. The van der Waals surface area contributed by atoms with E-state index in [-0.39, 0.29) is 36.6 Å². The maximum Gasteiger partial charge on any atom is 0.249 e. The van der Waals surface area contributed by atoms with E-state index in [1.165, 1.54) is 24.0 Å². The van der Waals surface area contributed by atoms with Crippen LogP contribution in [0.4, 0.5) is 5.69 Å². The zero-order valence-corrected chi connectivity index (χ0v) is 16.8. The second-order valence-corrected chi connectivity index (χ2v) is 7.84. The molecule has 0 saturated heterocycles. The Kier molecular flexibility index (Phi) is 7.78. The lowest BCUT2D eigenvalue weighted by Gasteiger charge is -2.32. The van der Waals surface area contributed by atoms with E-state index in [1.54, 1.807) is 0 Å². The van der Waals surface area contributed by atoms with Crippen LogP contribution in [0.3, 0.4) is 0 Å². The molecule has 26 heavy (non-hydrogen) atoms. The van der Waals surface area contributed by atoms with Gasteiger partial charge in [0.1, 0.15) is 6.10 Å². The van der Waals surface area contributed by atoms with Crippen molar-refractivity contribution in [3.63, 3.8) is 0 Å². The number of halogens is 1. The van der Waals surface area contributed by atoms with Crippen molar-refractivity contribution in [3.8, 4) is 0 Å². The van der Waals surface area contributed by atoms with Crippen LogP contribution in [0, 0.1) is 5.92 Å². The van der Waals surface area contributed by atoms with E-state index >= 15 is 0 Å². The molecule has 4 unspecified atom stereocenters. The van der Waals surface area contributed by atoms with Gasteiger partial charge in [-0.15, -0.1) is 12.4 Å². The first-order valence-corrected chi connectivity index (χ1v) is 9.91. The fraction of sp³-hybridized carbons (Fsp3) is 0.667. The molecule has 3 N–H and O–H groups in total. The number of amides is 1. The lowest BCUT2D eigenvalue weighted by Crippen LogP contribution is -2.41. The van der Waals surface area contributed by atoms with E-state index in [0.29, 0.717) is 5.92 Å². The molecule has 0 aliphatic heterocycles. The van der Waals surface area contributed by atoms with Gasteiger partial charge in [0.15, 0.2) is 0 Å². The monoisotopic (exact) mass is 380 g/mol. The van der Waals surface area contributed by atoms with Crippen molar-refractivity contribution >= 4 is 24.0 Å². The van der Waals surface area contributed by atoms with E-state index in [2.05, 4.69) is 18.3 Å². The van der Waals surface area contributed by atoms with Crippen molar-refractivity contribution in [2.24, 2.45) is 5.92 Å². The molecule has 1 aromatic carbocycles. The largest absolute Gasteiger partial charge is 0.399 e. The van der Waals surface area contributed by atoms with Crippen LogP contribution in [0.1, 0.15) is 76.0 Å². The number of benzene rings is 1. The first-order valence-electron chi connectivity index (χ1n) is 9.91. The third kappa shape index (κ3) is 5.14. The smallest absolute Gasteiger partial charge is 0.249 e. The molecule has 1 amide bonds. The summed E-state index contributed by atoms with van der Waals surface area (Å²) in [5.74, 6) is 0.741. The molecular weight excluding hydrogens is 348 g/mol. The third-order valence-corrected chi connectivity index (χ3v) is 5.71. The van der Waals surface area contributed by atoms with Gasteiger partial charge in [-0.05, 0) is 67.7 Å². The number of hydrogen-bond donors (Lipinski definition) is 2. The second kappa shape index (κ2) is 9.61. The Hall–Kier alpha value is -1.26. The van der Waals surface area contributed by atoms with Crippen molar-refractivity contribution in [3.05, 3.63) is 29.3 Å². The van der Waals surface area contributed by atoms with Gasteiger partial charge in [-0.2, -0.15) is 0 Å². The molecule has 1 fully saturated rings. The average molecular weight is 381 g/mol. The Morgan fingerprint density at radius 2 is 2.12 bits per heavy atom. The van der Waals surface area contributed by atoms with Crippen LogP contribution in [0.15, 0.2) is 18.2 Å². The number of aryl methyl sites for hydroxylation is 1. The molecule has 2 aliphatic rings. The maximum absolute atomic E-state index is 12.8. The van der Waals surface area contributed by atoms with Crippen molar-refractivity contribution in [2.75, 3.05) is 5.73 Å². The highest BCUT2D eigenvalue weighted by Crippen LogP contribution is 2.31. The van der Waals surface area contributed by atoms with Crippen LogP contribution in [-0.4, -0.2) is 18.1 Å². The van der Waals surface area contributed by atoms with Gasteiger partial charge >= 0.3 is 0 Å². The predicted octanol–water partition coefficient (Wildman–Crippen LogP) is 4.56. The van der Waals surface area contributed by atoms with E-state index in [0.717, 1.165) is 44.2 Å². The molecule has 4 nitrogen and oxygen atoms in total. The van der Waals surface area contributed by atoms with Gasteiger partial charge in [0, 0.05) is 5.69 Å². The Labute approximate surface area is 163 Å². The summed E-state index contributed by atoms with van der Waals surface area (Å²) in [5.41, 5.74) is 9.19. The Morgan fingerprint density at radius 3 is 2.85 bits per heavy atom. The van der Waals surface area contributed by atoms with Gasteiger partial charge in [-0.1, -0.05) is 32.8 Å². The number of ether oxygens (including phenoxy) is 1. The molecular formula is C21H33ClN2O2. The molecule has 0 heterocycles. The number of carbonyl (C=O) groups is 1. The van der Waals surface area contributed by atoms with Crippen molar-refractivity contribution < 1.29 is 9.53 Å². The number of nitrogens with one attached hydrogen (secondary N) is 1. The summed E-state index contributed by atoms with van der Waals surface area (Å²) in [6.07, 6.45) is 8.38. The molecule has 1 saturated carbocycles. The highest BCUT2D eigenvalue weighted by atomic mass is 35.5. The van der Waals surface area contributed by atoms with Crippen LogP contribution in [0.5, 0.6) is 0 Å². The van der Waals surface area contributed by atoms with Gasteiger partial charge in [-0.3, -0.25) is 4.79 Å². The summed E-state index contributed by atoms with van der Waals surface area (Å²) in [7, 11) is 0. The number of nitrogens with two attached hydrogens (primary N) is 1. The lowest BCUT2D eigenvalue weighted by molar-refractivity contribution is -0.139. The number of rotatable bonds is 5. The fourth-order valence-electron chi connectivity index (χ4n) is 4.33.